The van der Waals surface area contributed by atoms with E-state index in [9.17, 15) is 4.79 Å². The van der Waals surface area contributed by atoms with Crippen LogP contribution in [0.3, 0.4) is 0 Å². The molecule has 0 fully saturated rings. The molecule has 0 saturated heterocycles. The van der Waals surface area contributed by atoms with Gasteiger partial charge in [0.05, 0.1) is 11.9 Å². The van der Waals surface area contributed by atoms with E-state index in [-0.39, 0.29) is 11.2 Å². The first-order valence-electron chi connectivity index (χ1n) is 7.93. The Kier molecular flexibility index (Phi) is 6.20. The number of thioether (sulfide) groups is 1. The number of hydrogen-bond acceptors (Lipinski definition) is 5. The standard InChI is InChI=1S/C18H23N3O2S/c1-6-23-16-9-7-15(8-10-16)21-17(22)14(5)24-18-19-12(3)11(2)13(4)20-18/h7-10,14H,6H2,1-5H3,(H,21,22)/t14-/m0/s1. The van der Waals surface area contributed by atoms with Crippen LogP contribution in [0.1, 0.15) is 30.8 Å². The monoisotopic (exact) mass is 345 g/mol. The summed E-state index contributed by atoms with van der Waals surface area (Å²) in [6, 6.07) is 7.34. The van der Waals surface area contributed by atoms with Crippen LogP contribution >= 0.6 is 11.8 Å². The first kappa shape index (κ1) is 18.3. The predicted octanol–water partition coefficient (Wildman–Crippen LogP) is 3.92. The van der Waals surface area contributed by atoms with Crippen molar-refractivity contribution in [1.29, 1.82) is 0 Å². The van der Waals surface area contributed by atoms with Crippen molar-refractivity contribution in [2.45, 2.75) is 45.0 Å². The second-order valence-electron chi connectivity index (χ2n) is 5.51. The molecule has 128 valence electrons. The Labute approximate surface area is 147 Å². The summed E-state index contributed by atoms with van der Waals surface area (Å²) in [4.78, 5) is 21.2. The van der Waals surface area contributed by atoms with E-state index >= 15 is 0 Å². The lowest BCUT2D eigenvalue weighted by Gasteiger charge is -2.13. The van der Waals surface area contributed by atoms with Gasteiger partial charge in [-0.3, -0.25) is 4.79 Å². The normalized spacial score (nSPS) is 11.9. The molecule has 1 amide bonds. The molecule has 0 spiro atoms. The number of aryl methyl sites for hydroxylation is 2. The van der Waals surface area contributed by atoms with Gasteiger partial charge in [0.15, 0.2) is 5.16 Å². The van der Waals surface area contributed by atoms with Crippen LogP contribution in [0.5, 0.6) is 5.75 Å². The Morgan fingerprint density at radius 3 is 2.29 bits per heavy atom. The number of hydrogen-bond donors (Lipinski definition) is 1. The molecule has 0 aliphatic carbocycles. The molecule has 1 atom stereocenters. The highest BCUT2D eigenvalue weighted by Crippen LogP contribution is 2.23. The minimum atomic E-state index is -0.293. The maximum atomic E-state index is 12.3. The fourth-order valence-corrected chi connectivity index (χ4v) is 2.91. The smallest absolute Gasteiger partial charge is 0.237 e. The van der Waals surface area contributed by atoms with Crippen LogP contribution in [0, 0.1) is 20.8 Å². The van der Waals surface area contributed by atoms with Gasteiger partial charge in [0.2, 0.25) is 5.91 Å². The van der Waals surface area contributed by atoms with Crippen molar-refractivity contribution in [3.8, 4) is 5.75 Å². The van der Waals surface area contributed by atoms with Gasteiger partial charge in [-0.05, 0) is 64.4 Å². The number of rotatable bonds is 6. The molecule has 1 aromatic carbocycles. The summed E-state index contributed by atoms with van der Waals surface area (Å²) < 4.78 is 5.39. The lowest BCUT2D eigenvalue weighted by Crippen LogP contribution is -2.22. The lowest BCUT2D eigenvalue weighted by molar-refractivity contribution is -0.115. The number of benzene rings is 1. The van der Waals surface area contributed by atoms with E-state index in [2.05, 4.69) is 15.3 Å². The van der Waals surface area contributed by atoms with Crippen molar-refractivity contribution in [2.75, 3.05) is 11.9 Å². The van der Waals surface area contributed by atoms with E-state index < -0.39 is 0 Å². The molecular formula is C18H23N3O2S. The molecule has 2 rings (SSSR count). The van der Waals surface area contributed by atoms with Gasteiger partial charge in [0.1, 0.15) is 5.75 Å². The van der Waals surface area contributed by atoms with E-state index in [1.54, 1.807) is 0 Å². The predicted molar refractivity (Wildman–Crippen MR) is 97.8 cm³/mol. The van der Waals surface area contributed by atoms with Gasteiger partial charge in [-0.1, -0.05) is 11.8 Å². The van der Waals surface area contributed by atoms with Crippen molar-refractivity contribution >= 4 is 23.4 Å². The number of ether oxygens (including phenoxy) is 1. The second-order valence-corrected chi connectivity index (χ2v) is 6.82. The van der Waals surface area contributed by atoms with Crippen LogP contribution in [-0.2, 0) is 4.79 Å². The van der Waals surface area contributed by atoms with Crippen LogP contribution < -0.4 is 10.1 Å². The molecule has 24 heavy (non-hydrogen) atoms. The molecule has 0 aliphatic heterocycles. The number of amides is 1. The highest BCUT2D eigenvalue weighted by molar-refractivity contribution is 8.00. The number of nitrogens with one attached hydrogen (secondary N) is 1. The van der Waals surface area contributed by atoms with E-state index in [4.69, 9.17) is 4.74 Å². The molecule has 1 heterocycles. The number of carbonyl (C=O) groups excluding carboxylic acids is 1. The molecule has 5 nitrogen and oxygen atoms in total. The fraction of sp³-hybridized carbons (Fsp3) is 0.389. The van der Waals surface area contributed by atoms with Crippen molar-refractivity contribution in [3.05, 3.63) is 41.2 Å². The van der Waals surface area contributed by atoms with Gasteiger partial charge in [0.25, 0.3) is 0 Å². The summed E-state index contributed by atoms with van der Waals surface area (Å²) in [7, 11) is 0. The Bertz CT molecular complexity index is 694. The highest BCUT2D eigenvalue weighted by Gasteiger charge is 2.17. The average molecular weight is 345 g/mol. The van der Waals surface area contributed by atoms with E-state index in [0.29, 0.717) is 11.8 Å². The van der Waals surface area contributed by atoms with Crippen LogP contribution in [0.4, 0.5) is 5.69 Å². The van der Waals surface area contributed by atoms with Gasteiger partial charge >= 0.3 is 0 Å². The summed E-state index contributed by atoms with van der Waals surface area (Å²) in [6.45, 7) is 10.3. The van der Waals surface area contributed by atoms with Crippen molar-refractivity contribution < 1.29 is 9.53 Å². The van der Waals surface area contributed by atoms with Gasteiger partial charge in [0, 0.05) is 17.1 Å². The van der Waals surface area contributed by atoms with Gasteiger partial charge in [-0.25, -0.2) is 9.97 Å². The van der Waals surface area contributed by atoms with Gasteiger partial charge < -0.3 is 10.1 Å². The Morgan fingerprint density at radius 2 is 1.75 bits per heavy atom. The zero-order chi connectivity index (χ0) is 17.7. The molecule has 0 bridgehead atoms. The lowest BCUT2D eigenvalue weighted by atomic mass is 10.2. The first-order valence-corrected chi connectivity index (χ1v) is 8.81. The molecular weight excluding hydrogens is 322 g/mol. The summed E-state index contributed by atoms with van der Waals surface area (Å²) in [5.74, 6) is 0.709. The maximum absolute atomic E-state index is 12.3. The van der Waals surface area contributed by atoms with Crippen molar-refractivity contribution in [1.82, 2.24) is 9.97 Å². The number of nitrogens with zero attached hydrogens (tertiary/aromatic N) is 2. The van der Waals surface area contributed by atoms with E-state index in [1.807, 2.05) is 58.9 Å². The summed E-state index contributed by atoms with van der Waals surface area (Å²) in [6.07, 6.45) is 0. The van der Waals surface area contributed by atoms with Crippen LogP contribution in [0.2, 0.25) is 0 Å². The summed E-state index contributed by atoms with van der Waals surface area (Å²) in [5, 5.41) is 3.24. The minimum absolute atomic E-state index is 0.0800. The molecule has 0 unspecified atom stereocenters. The molecule has 0 radical (unpaired) electrons. The second kappa shape index (κ2) is 8.15. The third kappa shape index (κ3) is 4.71. The summed E-state index contributed by atoms with van der Waals surface area (Å²) >= 11 is 1.36. The Hall–Kier alpha value is -2.08. The van der Waals surface area contributed by atoms with Gasteiger partial charge in [-0.2, -0.15) is 0 Å². The zero-order valence-corrected chi connectivity index (χ0v) is 15.5. The molecule has 1 N–H and O–H groups in total. The SMILES string of the molecule is CCOc1ccc(NC(=O)[C@H](C)Sc2nc(C)c(C)c(C)n2)cc1. The minimum Gasteiger partial charge on any atom is -0.494 e. The average Bonchev–Trinajstić information content (AvgIpc) is 2.54. The summed E-state index contributed by atoms with van der Waals surface area (Å²) in [5.41, 5.74) is 3.73. The van der Waals surface area contributed by atoms with E-state index in [0.717, 1.165) is 28.4 Å². The van der Waals surface area contributed by atoms with Crippen molar-refractivity contribution in [2.24, 2.45) is 0 Å². The molecule has 0 saturated carbocycles. The van der Waals surface area contributed by atoms with Crippen LogP contribution in [0.15, 0.2) is 29.4 Å². The zero-order valence-electron chi connectivity index (χ0n) is 14.7. The Balaban J connectivity index is 1.99. The van der Waals surface area contributed by atoms with E-state index in [1.165, 1.54) is 11.8 Å². The number of carbonyl (C=O) groups is 1. The highest BCUT2D eigenvalue weighted by atomic mass is 32.2. The topological polar surface area (TPSA) is 64.1 Å². The largest absolute Gasteiger partial charge is 0.494 e. The van der Waals surface area contributed by atoms with Gasteiger partial charge in [-0.15, -0.1) is 0 Å². The third-order valence-electron chi connectivity index (χ3n) is 3.70. The van der Waals surface area contributed by atoms with Crippen LogP contribution in [-0.4, -0.2) is 27.7 Å². The fourth-order valence-electron chi connectivity index (χ4n) is 2.05. The third-order valence-corrected chi connectivity index (χ3v) is 4.66. The quantitative estimate of drug-likeness (QED) is 0.635. The number of aromatic nitrogens is 2. The van der Waals surface area contributed by atoms with Crippen molar-refractivity contribution in [3.63, 3.8) is 0 Å². The first-order chi connectivity index (χ1) is 11.4. The molecule has 0 aliphatic rings. The van der Waals surface area contributed by atoms with Crippen LogP contribution in [0.25, 0.3) is 0 Å². The molecule has 2 aromatic rings. The Morgan fingerprint density at radius 1 is 1.17 bits per heavy atom. The number of anilines is 1. The maximum Gasteiger partial charge on any atom is 0.237 e. The molecule has 6 heteroatoms. The molecule has 1 aromatic heterocycles.